The van der Waals surface area contributed by atoms with E-state index in [1.54, 1.807) is 35.1 Å². The molecule has 0 amide bonds. The first kappa shape index (κ1) is 27.4. The van der Waals surface area contributed by atoms with Crippen LogP contribution in [0.15, 0.2) is 65.9 Å². The largest absolute Gasteiger partial charge is 0.508 e. The van der Waals surface area contributed by atoms with Gasteiger partial charge in [-0.1, -0.05) is 30.2 Å². The Bertz CT molecular complexity index is 1480. The molecule has 11 heteroatoms. The van der Waals surface area contributed by atoms with Crippen molar-refractivity contribution in [3.63, 3.8) is 0 Å². The van der Waals surface area contributed by atoms with Crippen LogP contribution in [0.4, 0.5) is 17.6 Å². The summed E-state index contributed by atoms with van der Waals surface area (Å²) in [6.45, 7) is 1.90. The predicted molar refractivity (Wildman–Crippen MR) is 139 cm³/mol. The van der Waals surface area contributed by atoms with E-state index in [9.17, 15) is 31.1 Å². The minimum Gasteiger partial charge on any atom is -0.508 e. The number of hydrogen-bond donors (Lipinski definition) is 1. The Morgan fingerprint density at radius 2 is 1.79 bits per heavy atom. The zero-order valence-electron chi connectivity index (χ0n) is 21.3. The number of phenolic OH excluding ortho intramolecular Hbond substituents is 1. The van der Waals surface area contributed by atoms with Crippen molar-refractivity contribution >= 4 is 10.0 Å². The zero-order valence-corrected chi connectivity index (χ0v) is 22.1. The summed E-state index contributed by atoms with van der Waals surface area (Å²) in [5.74, 6) is -2.47. The number of aromatic nitrogens is 2. The lowest BCUT2D eigenvalue weighted by Gasteiger charge is -2.31. The van der Waals surface area contributed by atoms with Gasteiger partial charge in [0.25, 0.3) is 0 Å². The molecule has 0 saturated carbocycles. The number of allylic oxidation sites excluding steroid dienone is 1. The third-order valence-electron chi connectivity index (χ3n) is 7.68. The fraction of sp³-hybridized carbons (Fsp3) is 0.393. The third kappa shape index (κ3) is 5.89. The highest BCUT2D eigenvalue weighted by Crippen LogP contribution is 2.47. The van der Waals surface area contributed by atoms with Gasteiger partial charge in [0.05, 0.1) is 17.6 Å². The van der Waals surface area contributed by atoms with Crippen LogP contribution < -0.4 is 0 Å². The Morgan fingerprint density at radius 1 is 1.10 bits per heavy atom. The van der Waals surface area contributed by atoms with E-state index in [1.807, 2.05) is 6.92 Å². The van der Waals surface area contributed by atoms with Crippen molar-refractivity contribution in [3.05, 3.63) is 88.5 Å². The molecule has 0 radical (unpaired) electrons. The first-order valence-electron chi connectivity index (χ1n) is 12.8. The number of aromatic hydroxyl groups is 1. The van der Waals surface area contributed by atoms with Crippen molar-refractivity contribution in [2.45, 2.75) is 44.7 Å². The molecule has 0 saturated heterocycles. The predicted octanol–water partition coefficient (Wildman–Crippen LogP) is 5.52. The van der Waals surface area contributed by atoms with E-state index in [1.165, 1.54) is 24.3 Å². The SMILES string of the molecule is C[C@@H]1C2=C(CC[C@@H]2CN(CCc2ccc(O)cc2)S(=O)(=O)CC(F)(F)F)Cc2c1cnn2-c1ccc(F)cc1. The average Bonchev–Trinajstić information content (AvgIpc) is 3.46. The van der Waals surface area contributed by atoms with Gasteiger partial charge in [0, 0.05) is 31.0 Å². The normalized spacial score (nSPS) is 19.4. The molecule has 0 bridgehead atoms. The average molecular weight is 564 g/mol. The van der Waals surface area contributed by atoms with Crippen LogP contribution in [0.3, 0.4) is 0 Å². The standard InChI is InChI=1S/C28H29F4N3O3S/c1-18-25-15-33-35(23-8-6-22(29)7-9-23)26(25)14-20-4-5-21(27(18)20)16-34(39(37,38)17-28(30,31)32)13-12-19-2-10-24(36)11-3-19/h2-3,6-11,15,18,21,36H,4-5,12-14,16-17H2,1H3/t18-,21+/m0/s1. The highest BCUT2D eigenvalue weighted by atomic mass is 32.2. The Morgan fingerprint density at radius 3 is 2.46 bits per heavy atom. The molecule has 2 aliphatic rings. The lowest BCUT2D eigenvalue weighted by atomic mass is 9.80. The van der Waals surface area contributed by atoms with E-state index in [4.69, 9.17) is 0 Å². The molecule has 2 atom stereocenters. The van der Waals surface area contributed by atoms with Gasteiger partial charge >= 0.3 is 6.18 Å². The second-order valence-electron chi connectivity index (χ2n) is 10.3. The van der Waals surface area contributed by atoms with E-state index in [0.29, 0.717) is 12.8 Å². The van der Waals surface area contributed by atoms with E-state index >= 15 is 0 Å². The highest BCUT2D eigenvalue weighted by molar-refractivity contribution is 7.89. The quantitative estimate of drug-likeness (QED) is 0.289. The second-order valence-corrected chi connectivity index (χ2v) is 12.2. The summed E-state index contributed by atoms with van der Waals surface area (Å²) in [5.41, 5.74) is 5.67. The summed E-state index contributed by atoms with van der Waals surface area (Å²) in [4.78, 5) is 0. The first-order valence-corrected chi connectivity index (χ1v) is 14.4. The fourth-order valence-corrected chi connectivity index (χ4v) is 7.25. The topological polar surface area (TPSA) is 75.4 Å². The summed E-state index contributed by atoms with van der Waals surface area (Å²) in [6.07, 6.45) is -0.876. The van der Waals surface area contributed by atoms with Crippen LogP contribution in [0.5, 0.6) is 5.75 Å². The van der Waals surface area contributed by atoms with E-state index in [2.05, 4.69) is 5.10 Å². The van der Waals surface area contributed by atoms with Crippen LogP contribution >= 0.6 is 0 Å². The molecule has 0 fully saturated rings. The van der Waals surface area contributed by atoms with Gasteiger partial charge in [-0.25, -0.2) is 21.8 Å². The summed E-state index contributed by atoms with van der Waals surface area (Å²) >= 11 is 0. The van der Waals surface area contributed by atoms with Crippen LogP contribution in [0, 0.1) is 11.7 Å². The second kappa shape index (κ2) is 10.4. The van der Waals surface area contributed by atoms with Gasteiger partial charge in [-0.3, -0.25) is 0 Å². The molecule has 1 heterocycles. The van der Waals surface area contributed by atoms with Gasteiger partial charge in [0.1, 0.15) is 11.6 Å². The maximum atomic E-state index is 13.4. The van der Waals surface area contributed by atoms with Crippen molar-refractivity contribution in [2.24, 2.45) is 5.92 Å². The van der Waals surface area contributed by atoms with Crippen molar-refractivity contribution in [1.82, 2.24) is 14.1 Å². The number of phenols is 1. The molecule has 39 heavy (non-hydrogen) atoms. The van der Waals surface area contributed by atoms with E-state index in [0.717, 1.165) is 44.4 Å². The van der Waals surface area contributed by atoms with Crippen molar-refractivity contribution in [3.8, 4) is 11.4 Å². The molecule has 1 N–H and O–H groups in total. The molecule has 208 valence electrons. The van der Waals surface area contributed by atoms with Crippen LogP contribution in [0.25, 0.3) is 5.69 Å². The lowest BCUT2D eigenvalue weighted by Crippen LogP contribution is -2.42. The Kier molecular flexibility index (Phi) is 7.32. The van der Waals surface area contributed by atoms with Crippen LogP contribution in [0.1, 0.15) is 42.5 Å². The van der Waals surface area contributed by atoms with Crippen molar-refractivity contribution < 1.29 is 31.1 Å². The lowest BCUT2D eigenvalue weighted by molar-refractivity contribution is -0.107. The smallest absolute Gasteiger partial charge is 0.404 e. The van der Waals surface area contributed by atoms with Gasteiger partial charge in [-0.2, -0.15) is 18.3 Å². The molecule has 2 aromatic carbocycles. The Labute approximate surface area is 224 Å². The van der Waals surface area contributed by atoms with Gasteiger partial charge in [-0.05, 0) is 67.1 Å². The molecular formula is C28H29F4N3O3S. The number of alkyl halides is 3. The van der Waals surface area contributed by atoms with Crippen molar-refractivity contribution in [2.75, 3.05) is 18.8 Å². The molecule has 5 rings (SSSR count). The number of fused-ring (bicyclic) bond motifs is 1. The molecule has 2 aliphatic carbocycles. The molecule has 0 unspecified atom stereocenters. The number of benzene rings is 2. The van der Waals surface area contributed by atoms with E-state index < -0.39 is 22.0 Å². The number of sulfonamides is 1. The summed E-state index contributed by atoms with van der Waals surface area (Å²) in [6, 6.07) is 12.3. The number of rotatable bonds is 8. The van der Waals surface area contributed by atoms with Gasteiger partial charge in [-0.15, -0.1) is 0 Å². The van der Waals surface area contributed by atoms with Gasteiger partial charge in [0.15, 0.2) is 5.75 Å². The number of hydrogen-bond acceptors (Lipinski definition) is 4. The van der Waals surface area contributed by atoms with Crippen molar-refractivity contribution in [1.29, 1.82) is 0 Å². The van der Waals surface area contributed by atoms with Crippen LogP contribution in [-0.4, -0.2) is 52.6 Å². The minimum absolute atomic E-state index is 0.0267. The summed E-state index contributed by atoms with van der Waals surface area (Å²) in [7, 11) is -4.61. The molecule has 1 aromatic heterocycles. The maximum absolute atomic E-state index is 13.4. The Balaban J connectivity index is 1.39. The molecule has 0 aliphatic heterocycles. The Hall–Kier alpha value is -3.18. The van der Waals surface area contributed by atoms with Gasteiger partial charge in [0.2, 0.25) is 10.0 Å². The summed E-state index contributed by atoms with van der Waals surface area (Å²) < 4.78 is 81.8. The number of nitrogens with zero attached hydrogens (tertiary/aromatic N) is 3. The minimum atomic E-state index is -4.85. The number of halogens is 4. The molecule has 6 nitrogen and oxygen atoms in total. The van der Waals surface area contributed by atoms with Gasteiger partial charge < -0.3 is 5.11 Å². The van der Waals surface area contributed by atoms with Crippen LogP contribution in [-0.2, 0) is 22.9 Å². The highest BCUT2D eigenvalue weighted by Gasteiger charge is 2.42. The molecular weight excluding hydrogens is 534 g/mol. The first-order chi connectivity index (χ1) is 18.4. The fourth-order valence-electron chi connectivity index (χ4n) is 5.88. The van der Waals surface area contributed by atoms with Crippen LogP contribution in [0.2, 0.25) is 0 Å². The molecule has 0 spiro atoms. The monoisotopic (exact) mass is 563 g/mol. The van der Waals surface area contributed by atoms with E-state index in [-0.39, 0.29) is 42.9 Å². The maximum Gasteiger partial charge on any atom is 0.404 e. The third-order valence-corrected chi connectivity index (χ3v) is 9.49. The zero-order chi connectivity index (χ0) is 27.9. The summed E-state index contributed by atoms with van der Waals surface area (Å²) in [5, 5.41) is 14.0. The molecule has 3 aromatic rings.